The van der Waals surface area contributed by atoms with E-state index in [1.54, 1.807) is 20.5 Å². The van der Waals surface area contributed by atoms with Crippen LogP contribution in [-0.4, -0.2) is 23.8 Å². The van der Waals surface area contributed by atoms with Crippen LogP contribution in [0.3, 0.4) is 0 Å². The highest BCUT2D eigenvalue weighted by Gasteiger charge is 2.33. The molecule has 0 aliphatic carbocycles. The number of benzene rings is 3. The monoisotopic (exact) mass is 441 g/mol. The number of nitrogens with zero attached hydrogens (tertiary/aromatic N) is 2. The summed E-state index contributed by atoms with van der Waals surface area (Å²) in [5.74, 6) is 2.74. The molecule has 1 aliphatic heterocycles. The third-order valence-electron chi connectivity index (χ3n) is 6.10. The van der Waals surface area contributed by atoms with Crippen molar-refractivity contribution in [1.29, 1.82) is 5.41 Å². The Balaban J connectivity index is 1.80. The Morgan fingerprint density at radius 2 is 1.82 bits per heavy atom. The number of hydrogen-bond acceptors (Lipinski definition) is 5. The van der Waals surface area contributed by atoms with Gasteiger partial charge in [-0.15, -0.1) is 0 Å². The fraction of sp³-hybridized carbons (Fsp3) is 0.259. The van der Waals surface area contributed by atoms with Crippen molar-refractivity contribution < 1.29 is 14.2 Å². The van der Waals surface area contributed by atoms with Gasteiger partial charge >= 0.3 is 0 Å². The highest BCUT2D eigenvalue weighted by Crippen LogP contribution is 2.48. The van der Waals surface area contributed by atoms with Crippen molar-refractivity contribution in [1.82, 2.24) is 9.55 Å². The fourth-order valence-corrected chi connectivity index (χ4v) is 4.61. The van der Waals surface area contributed by atoms with Gasteiger partial charge in [-0.2, -0.15) is 0 Å². The van der Waals surface area contributed by atoms with Gasteiger partial charge in [-0.3, -0.25) is 5.41 Å². The summed E-state index contributed by atoms with van der Waals surface area (Å²) in [6.45, 7) is 4.98. The van der Waals surface area contributed by atoms with Gasteiger partial charge in [0.25, 0.3) is 0 Å². The first-order valence-electron chi connectivity index (χ1n) is 11.1. The lowest BCUT2D eigenvalue weighted by atomic mass is 9.82. The van der Waals surface area contributed by atoms with E-state index in [0.717, 1.165) is 33.2 Å². The number of methoxy groups -OCH3 is 2. The molecule has 1 aliphatic rings. The Kier molecular flexibility index (Phi) is 5.29. The molecular formula is C27H27N3O3. The summed E-state index contributed by atoms with van der Waals surface area (Å²) in [7, 11) is 3.26. The lowest BCUT2D eigenvalue weighted by molar-refractivity contribution is 0.354. The van der Waals surface area contributed by atoms with E-state index in [2.05, 4.69) is 43.1 Å². The van der Waals surface area contributed by atoms with Crippen molar-refractivity contribution in [3.8, 4) is 23.1 Å². The molecule has 0 fully saturated rings. The Labute approximate surface area is 192 Å². The van der Waals surface area contributed by atoms with Crippen molar-refractivity contribution in [3.05, 3.63) is 83.1 Å². The molecule has 168 valence electrons. The number of rotatable bonds is 5. The van der Waals surface area contributed by atoms with E-state index in [0.29, 0.717) is 35.3 Å². The molecule has 0 unspecified atom stereocenters. The first-order valence-corrected chi connectivity index (χ1v) is 11.1. The number of ether oxygens (including phenoxy) is 3. The van der Waals surface area contributed by atoms with Gasteiger partial charge in [0.1, 0.15) is 17.6 Å². The zero-order valence-corrected chi connectivity index (χ0v) is 19.3. The van der Waals surface area contributed by atoms with Gasteiger partial charge < -0.3 is 18.8 Å². The van der Waals surface area contributed by atoms with E-state index < -0.39 is 0 Å². The van der Waals surface area contributed by atoms with E-state index >= 15 is 0 Å². The minimum atomic E-state index is -0.229. The second-order valence-corrected chi connectivity index (χ2v) is 8.71. The molecule has 1 atom stereocenters. The van der Waals surface area contributed by atoms with E-state index in [1.165, 1.54) is 0 Å². The number of hydrogen-bond donors (Lipinski definition) is 1. The molecule has 6 heteroatoms. The first kappa shape index (κ1) is 21.1. The van der Waals surface area contributed by atoms with Gasteiger partial charge in [0.15, 0.2) is 11.5 Å². The van der Waals surface area contributed by atoms with Crippen LogP contribution in [0.2, 0.25) is 0 Å². The molecule has 2 heterocycles. The Morgan fingerprint density at radius 1 is 1.03 bits per heavy atom. The SMILES string of the molecule is COc1ccc([C@H]2c3ccc4ccccc4c3Oc3ncn(CC(C)C)c(=N)c32)cc1OC. The average molecular weight is 442 g/mol. The van der Waals surface area contributed by atoms with Gasteiger partial charge in [0, 0.05) is 23.4 Å². The summed E-state index contributed by atoms with van der Waals surface area (Å²) >= 11 is 0. The minimum Gasteiger partial charge on any atom is -0.493 e. The van der Waals surface area contributed by atoms with Crippen molar-refractivity contribution in [2.75, 3.05) is 14.2 Å². The zero-order chi connectivity index (χ0) is 23.1. The Bertz CT molecular complexity index is 1410. The van der Waals surface area contributed by atoms with Gasteiger partial charge in [0.05, 0.1) is 19.8 Å². The smallest absolute Gasteiger partial charge is 0.228 e. The molecule has 1 aromatic heterocycles. The average Bonchev–Trinajstić information content (AvgIpc) is 2.83. The van der Waals surface area contributed by atoms with Crippen LogP contribution in [0.15, 0.2) is 60.9 Å². The summed E-state index contributed by atoms with van der Waals surface area (Å²) in [5.41, 5.74) is 3.16. The van der Waals surface area contributed by atoms with Crippen LogP contribution in [0, 0.1) is 11.3 Å². The van der Waals surface area contributed by atoms with E-state index in [-0.39, 0.29) is 5.92 Å². The molecule has 0 saturated heterocycles. The summed E-state index contributed by atoms with van der Waals surface area (Å²) in [6, 6.07) is 18.3. The summed E-state index contributed by atoms with van der Waals surface area (Å²) < 4.78 is 19.3. The van der Waals surface area contributed by atoms with Crippen LogP contribution in [0.5, 0.6) is 23.1 Å². The lowest BCUT2D eigenvalue weighted by Gasteiger charge is -2.30. The molecule has 0 radical (unpaired) electrons. The summed E-state index contributed by atoms with van der Waals surface area (Å²) in [6.07, 6.45) is 1.71. The third kappa shape index (κ3) is 3.52. The second-order valence-electron chi connectivity index (χ2n) is 8.71. The quantitative estimate of drug-likeness (QED) is 0.392. The normalized spacial score (nSPS) is 14.5. The molecule has 0 amide bonds. The van der Waals surface area contributed by atoms with Crippen LogP contribution >= 0.6 is 0 Å². The molecule has 0 saturated carbocycles. The van der Waals surface area contributed by atoms with Gasteiger partial charge in [0.2, 0.25) is 5.88 Å². The molecule has 0 spiro atoms. The predicted octanol–water partition coefficient (Wildman–Crippen LogP) is 5.47. The zero-order valence-electron chi connectivity index (χ0n) is 19.3. The van der Waals surface area contributed by atoms with Crippen LogP contribution in [0.1, 0.15) is 36.5 Å². The van der Waals surface area contributed by atoms with Crippen molar-refractivity contribution >= 4 is 10.8 Å². The lowest BCUT2D eigenvalue weighted by Crippen LogP contribution is -2.31. The number of fused-ring (bicyclic) bond motifs is 4. The van der Waals surface area contributed by atoms with Crippen molar-refractivity contribution in [2.45, 2.75) is 26.3 Å². The van der Waals surface area contributed by atoms with Crippen molar-refractivity contribution in [2.24, 2.45) is 5.92 Å². The Morgan fingerprint density at radius 3 is 2.58 bits per heavy atom. The number of aromatic nitrogens is 2. The molecular weight excluding hydrogens is 414 g/mol. The van der Waals surface area contributed by atoms with E-state index in [9.17, 15) is 0 Å². The highest BCUT2D eigenvalue weighted by atomic mass is 16.5. The van der Waals surface area contributed by atoms with Crippen LogP contribution in [-0.2, 0) is 6.54 Å². The molecule has 1 N–H and O–H groups in total. The molecule has 0 bridgehead atoms. The number of nitrogens with one attached hydrogen (secondary N) is 1. The highest BCUT2D eigenvalue weighted by molar-refractivity contribution is 5.91. The predicted molar refractivity (Wildman–Crippen MR) is 127 cm³/mol. The summed E-state index contributed by atoms with van der Waals surface area (Å²) in [5, 5.41) is 11.2. The van der Waals surface area contributed by atoms with Gasteiger partial charge in [-0.05, 0) is 29.0 Å². The Hall–Kier alpha value is -3.80. The maximum Gasteiger partial charge on any atom is 0.228 e. The largest absolute Gasteiger partial charge is 0.493 e. The molecule has 5 rings (SSSR count). The summed E-state index contributed by atoms with van der Waals surface area (Å²) in [4.78, 5) is 4.66. The van der Waals surface area contributed by atoms with Crippen molar-refractivity contribution in [3.63, 3.8) is 0 Å². The van der Waals surface area contributed by atoms with E-state index in [4.69, 9.17) is 19.6 Å². The molecule has 33 heavy (non-hydrogen) atoms. The van der Waals surface area contributed by atoms with E-state index in [1.807, 2.05) is 34.9 Å². The molecule has 4 aromatic rings. The second kappa shape index (κ2) is 8.28. The minimum absolute atomic E-state index is 0.229. The standard InChI is InChI=1S/C27H27N3O3/c1-16(2)14-30-15-29-27-24(26(30)28)23(18-10-12-21(31-3)22(13-18)32-4)20-11-9-17-7-5-6-8-19(17)25(20)33-27/h5-13,15-16,23,28H,14H2,1-4H3/t23-/m0/s1. The maximum atomic E-state index is 9.07. The third-order valence-corrected chi connectivity index (χ3v) is 6.10. The van der Waals surface area contributed by atoms with Gasteiger partial charge in [-0.25, -0.2) is 4.98 Å². The fourth-order valence-electron chi connectivity index (χ4n) is 4.61. The molecule has 6 nitrogen and oxygen atoms in total. The first-order chi connectivity index (χ1) is 16.0. The maximum absolute atomic E-state index is 9.07. The molecule has 3 aromatic carbocycles. The van der Waals surface area contributed by atoms with Crippen LogP contribution < -0.4 is 19.7 Å². The van der Waals surface area contributed by atoms with Gasteiger partial charge in [-0.1, -0.05) is 56.3 Å². The van der Waals surface area contributed by atoms with Crippen LogP contribution in [0.25, 0.3) is 10.8 Å². The van der Waals surface area contributed by atoms with Crippen LogP contribution in [0.4, 0.5) is 0 Å². The topological polar surface area (TPSA) is 69.4 Å².